The van der Waals surface area contributed by atoms with Gasteiger partial charge in [-0.2, -0.15) is 0 Å². The number of hydrogen-bond acceptors (Lipinski definition) is 10. The molecule has 0 aliphatic carbocycles. The van der Waals surface area contributed by atoms with Gasteiger partial charge in [0.2, 0.25) is 6.79 Å². The van der Waals surface area contributed by atoms with Crippen LogP contribution in [0.2, 0.25) is 0 Å². The third-order valence-electron chi connectivity index (χ3n) is 21.1. The predicted molar refractivity (Wildman–Crippen MR) is 484 cm³/mol. The minimum Gasteiger partial charge on any atom is -0.487 e. The first-order chi connectivity index (χ1) is 56.4. The fraction of sp³-hybridized carbons (Fsp3) is 0.361. The van der Waals surface area contributed by atoms with Crippen LogP contribution in [0, 0.1) is 57.9 Å². The van der Waals surface area contributed by atoms with Gasteiger partial charge < -0.3 is 80.5 Å². The van der Waals surface area contributed by atoms with Crippen molar-refractivity contribution in [2.75, 3.05) is 151 Å². The first-order valence-corrected chi connectivity index (χ1v) is 40.7. The van der Waals surface area contributed by atoms with E-state index >= 15 is 0 Å². The van der Waals surface area contributed by atoms with Crippen LogP contribution in [0.1, 0.15) is 33.4 Å². The molecule has 0 spiro atoms. The zero-order chi connectivity index (χ0) is 84.9. The molecule has 0 saturated heterocycles. The van der Waals surface area contributed by atoms with E-state index in [1.807, 2.05) is 71.4 Å². The van der Waals surface area contributed by atoms with Crippen molar-refractivity contribution >= 4 is 76.3 Å². The molecular formula is C97H124F4N14O3. The normalized spacial score (nSPS) is 11.8. The number of nitrogens with zero attached hydrogens (tertiary/aromatic N) is 14. The number of para-hydroxylation sites is 1. The van der Waals surface area contributed by atoms with Crippen LogP contribution in [0.4, 0.5) is 17.6 Å². The lowest BCUT2D eigenvalue weighted by Gasteiger charge is -2.14. The highest BCUT2D eigenvalue weighted by atomic mass is 19.1. The zero-order valence-corrected chi connectivity index (χ0v) is 73.0. The number of halogens is 4. The summed E-state index contributed by atoms with van der Waals surface area (Å²) in [4.78, 5) is 15.1. The van der Waals surface area contributed by atoms with Crippen molar-refractivity contribution in [3.8, 4) is 17.2 Å². The molecular weight excluding hydrogens is 1490 g/mol. The van der Waals surface area contributed by atoms with Crippen molar-refractivity contribution in [2.45, 2.75) is 87.0 Å². The Bertz CT molecular complexity index is 5590. The monoisotopic (exact) mass is 1610 g/mol. The van der Waals surface area contributed by atoms with E-state index in [-0.39, 0.29) is 0 Å². The second-order valence-electron chi connectivity index (χ2n) is 32.6. The summed E-state index contributed by atoms with van der Waals surface area (Å²) >= 11 is 0. The van der Waals surface area contributed by atoms with Gasteiger partial charge in [-0.1, -0.05) is 54.1 Å². The molecule has 16 rings (SSSR count). The van der Waals surface area contributed by atoms with Crippen LogP contribution in [-0.4, -0.2) is 218 Å². The van der Waals surface area contributed by atoms with Gasteiger partial charge in [-0.25, -0.2) is 17.6 Å². The average molecular weight is 1610 g/mol. The van der Waals surface area contributed by atoms with Gasteiger partial charge >= 0.3 is 0 Å². The van der Waals surface area contributed by atoms with Gasteiger partial charge in [-0.15, -0.1) is 0 Å². The van der Waals surface area contributed by atoms with E-state index < -0.39 is 23.3 Å². The third kappa shape index (κ3) is 25.2. The van der Waals surface area contributed by atoms with Crippen molar-refractivity contribution in [2.24, 2.45) is 0 Å². The van der Waals surface area contributed by atoms with E-state index in [0.717, 1.165) is 114 Å². The van der Waals surface area contributed by atoms with Crippen LogP contribution in [-0.2, 0) is 52.4 Å². The van der Waals surface area contributed by atoms with Crippen LogP contribution in [0.25, 0.3) is 76.3 Å². The number of hydrogen-bond donors (Lipinski definition) is 0. The standard InChI is InChI=1S/C19H22N2O.2C14H20N2.C13H16N2O2.C13H18N2.2C12H14F2N2/c1-20(2)13-14-21-12-11-17-9-6-10-18(19(17)21)22-15-16-7-4-3-5-8-16;2*1-11-9-13-5-6-16(8-7-15(3)4)14(13)10-12(11)2;1-14(2)5-6-15-4-3-10-7-12-13(8-11(10)15)17-9-16-12;1-11-4-5-13-12(10-11)6-7-15(13)9-8-14(2)3;1-15(2)5-6-16-4-3-10-11(14)7-9(13)8-12(10)16;1-15(2)5-6-16-4-3-9-7-10(13)8-11(14)12(9)16/h3-12H,13-15H2,1-2H3;2*5-6,9-10H,7-8H2,1-4H3;3-4,7-8H,5-6,9H2,1-2H3;4-7,10H,8-9H2,1-3H3;2*3-4,7-8H,5-6H2,1-2H3. The molecule has 8 aromatic carbocycles. The lowest BCUT2D eigenvalue weighted by molar-refractivity contribution is 0.174. The van der Waals surface area contributed by atoms with Crippen molar-refractivity contribution in [3.63, 3.8) is 0 Å². The second-order valence-corrected chi connectivity index (χ2v) is 32.6. The van der Waals surface area contributed by atoms with Gasteiger partial charge in [0.1, 0.15) is 35.6 Å². The van der Waals surface area contributed by atoms with Crippen LogP contribution >= 0.6 is 0 Å². The minimum absolute atomic E-state index is 0.333. The molecule has 118 heavy (non-hydrogen) atoms. The number of fused-ring (bicyclic) bond motifs is 8. The number of aromatic nitrogens is 7. The molecule has 0 saturated carbocycles. The van der Waals surface area contributed by atoms with Crippen LogP contribution in [0.15, 0.2) is 213 Å². The van der Waals surface area contributed by atoms with E-state index in [2.05, 4.69) is 293 Å². The van der Waals surface area contributed by atoms with Gasteiger partial charge in [0.05, 0.1) is 22.1 Å². The highest BCUT2D eigenvalue weighted by Gasteiger charge is 2.18. The largest absolute Gasteiger partial charge is 0.487 e. The van der Waals surface area contributed by atoms with Crippen molar-refractivity contribution in [1.82, 2.24) is 66.3 Å². The third-order valence-corrected chi connectivity index (χ3v) is 21.1. The highest BCUT2D eigenvalue weighted by Crippen LogP contribution is 2.37. The molecule has 7 aromatic heterocycles. The van der Waals surface area contributed by atoms with Crippen molar-refractivity contribution in [1.29, 1.82) is 0 Å². The molecule has 0 atom stereocenters. The van der Waals surface area contributed by atoms with Gasteiger partial charge in [0.15, 0.2) is 11.5 Å². The number of ether oxygens (including phenoxy) is 3. The smallest absolute Gasteiger partial charge is 0.231 e. The van der Waals surface area contributed by atoms with Gasteiger partial charge in [-0.05, 0) is 280 Å². The fourth-order valence-corrected chi connectivity index (χ4v) is 13.9. The molecule has 17 nitrogen and oxygen atoms in total. The maximum Gasteiger partial charge on any atom is 0.231 e. The summed E-state index contributed by atoms with van der Waals surface area (Å²) in [5.41, 5.74) is 15.5. The van der Waals surface area contributed by atoms with Crippen LogP contribution < -0.4 is 14.2 Å². The summed E-state index contributed by atoms with van der Waals surface area (Å²) < 4.78 is 85.1. The summed E-state index contributed by atoms with van der Waals surface area (Å²) in [7, 11) is 28.9. The number of likely N-dealkylation sites (N-methyl/N-ethyl adjacent to an activating group) is 7. The van der Waals surface area contributed by atoms with E-state index in [4.69, 9.17) is 14.2 Å². The molecule has 0 N–H and O–H groups in total. The molecule has 628 valence electrons. The van der Waals surface area contributed by atoms with E-state index in [9.17, 15) is 17.6 Å². The van der Waals surface area contributed by atoms with Crippen LogP contribution in [0.5, 0.6) is 17.2 Å². The van der Waals surface area contributed by atoms with Crippen LogP contribution in [0.3, 0.4) is 0 Å². The SMILES string of the molecule is CN(C)CCn1ccc2c(F)cc(F)cc21.CN(C)CCn1ccc2cc(F)cc(F)c21.CN(C)CCn1ccc2cc3c(cc21)OCO3.CN(C)CCn1ccc2cccc(OCc3ccccc3)c21.Cc1cc2ccn(CCN(C)C)c2cc1C.Cc1cc2ccn(CCN(C)C)c2cc1C.Cc1ccc2c(ccn2CCN(C)C)c1. The molecule has 8 heterocycles. The molecule has 0 fully saturated rings. The Morgan fingerprint density at radius 2 is 0.686 bits per heavy atom. The Labute approximate surface area is 696 Å². The van der Waals surface area contributed by atoms with E-state index in [0.29, 0.717) is 41.8 Å². The molecule has 0 radical (unpaired) electrons. The maximum atomic E-state index is 13.6. The number of benzene rings is 8. The summed E-state index contributed by atoms with van der Waals surface area (Å²) in [6, 6.07) is 55.2. The topological polar surface area (TPSA) is 84.9 Å². The molecule has 0 bridgehead atoms. The molecule has 15 aromatic rings. The lowest BCUT2D eigenvalue weighted by atomic mass is 10.1. The predicted octanol–water partition coefficient (Wildman–Crippen LogP) is 18.8. The fourth-order valence-electron chi connectivity index (χ4n) is 13.9. The minimum atomic E-state index is -0.533. The molecule has 21 heteroatoms. The molecule has 0 unspecified atom stereocenters. The number of aryl methyl sites for hydroxylation is 5. The van der Waals surface area contributed by atoms with E-state index in [1.165, 1.54) is 100 Å². The Morgan fingerprint density at radius 3 is 1.19 bits per heavy atom. The summed E-state index contributed by atoms with van der Waals surface area (Å²) in [6.07, 6.45) is 14.4. The summed E-state index contributed by atoms with van der Waals surface area (Å²) in [6.45, 7) is 25.2. The number of rotatable bonds is 24. The quantitative estimate of drug-likeness (QED) is 0.0545. The molecule has 1 aliphatic rings. The zero-order valence-electron chi connectivity index (χ0n) is 73.0. The first kappa shape index (κ1) is 89.7. The summed E-state index contributed by atoms with van der Waals surface area (Å²) in [5.74, 6) is 0.581. The van der Waals surface area contributed by atoms with Crippen molar-refractivity contribution < 1.29 is 31.8 Å². The van der Waals surface area contributed by atoms with Crippen molar-refractivity contribution in [3.05, 3.63) is 270 Å². The van der Waals surface area contributed by atoms with Gasteiger partial charge in [-0.3, -0.25) is 0 Å². The Balaban J connectivity index is 0.000000145. The molecule has 1 aliphatic heterocycles. The second kappa shape index (κ2) is 42.7. The maximum absolute atomic E-state index is 13.6. The lowest BCUT2D eigenvalue weighted by Crippen LogP contribution is -2.18. The van der Waals surface area contributed by atoms with Gasteiger partial charge in [0.25, 0.3) is 0 Å². The average Bonchev–Trinajstić information content (AvgIpc) is 1.62. The van der Waals surface area contributed by atoms with E-state index in [1.54, 1.807) is 24.5 Å². The van der Waals surface area contributed by atoms with Gasteiger partial charge in [0, 0.05) is 191 Å². The Hall–Kier alpha value is -10.6. The highest BCUT2D eigenvalue weighted by molar-refractivity contribution is 5.88. The first-order valence-electron chi connectivity index (χ1n) is 40.7. The Kier molecular flexibility index (Phi) is 32.4. The summed E-state index contributed by atoms with van der Waals surface area (Å²) in [5, 5.41) is 7.55. The Morgan fingerprint density at radius 1 is 0.305 bits per heavy atom. The molecule has 0 amide bonds.